The Kier molecular flexibility index (Phi) is 3.98. The van der Waals surface area contributed by atoms with E-state index in [-0.39, 0.29) is 17.4 Å². The lowest BCUT2D eigenvalue weighted by Gasteiger charge is -2.27. The fraction of sp³-hybridized carbons (Fsp3) is 0.500. The van der Waals surface area contributed by atoms with Crippen molar-refractivity contribution in [1.29, 1.82) is 0 Å². The highest BCUT2D eigenvalue weighted by Crippen LogP contribution is 2.37. The Bertz CT molecular complexity index is 491. The molecule has 1 aliphatic carbocycles. The quantitative estimate of drug-likeness (QED) is 0.814. The minimum atomic E-state index is -0.149. The molecule has 1 atom stereocenters. The number of amides is 1. The number of benzene rings is 1. The number of nitrogens with one attached hydrogen (secondary N) is 1. The Morgan fingerprint density at radius 3 is 2.42 bits per heavy atom. The SMILES string of the molecule is CC1(C)CCCC1NC(=O)c1cc(Cl)c(N)c(Cl)c1. The normalized spacial score (nSPS) is 21.4. The monoisotopic (exact) mass is 300 g/mol. The molecule has 1 amide bonds. The number of carbonyl (C=O) groups excluding carboxylic acids is 1. The highest BCUT2D eigenvalue weighted by molar-refractivity contribution is 6.39. The second-order valence-corrected chi connectivity index (χ2v) is 6.57. The highest BCUT2D eigenvalue weighted by atomic mass is 35.5. The van der Waals surface area contributed by atoms with Crippen LogP contribution in [0.1, 0.15) is 43.5 Å². The summed E-state index contributed by atoms with van der Waals surface area (Å²) in [6.07, 6.45) is 3.28. The number of nitrogen functional groups attached to an aromatic ring is 1. The van der Waals surface area contributed by atoms with E-state index in [1.165, 1.54) is 0 Å². The van der Waals surface area contributed by atoms with Gasteiger partial charge in [0.2, 0.25) is 0 Å². The summed E-state index contributed by atoms with van der Waals surface area (Å²) in [6.45, 7) is 4.35. The van der Waals surface area contributed by atoms with Crippen LogP contribution in [-0.2, 0) is 0 Å². The third-order valence-electron chi connectivity index (χ3n) is 3.90. The van der Waals surface area contributed by atoms with E-state index in [9.17, 15) is 4.79 Å². The van der Waals surface area contributed by atoms with Gasteiger partial charge in [-0.1, -0.05) is 43.5 Å². The molecule has 0 saturated heterocycles. The number of hydrogen-bond donors (Lipinski definition) is 2. The molecule has 1 unspecified atom stereocenters. The minimum Gasteiger partial charge on any atom is -0.396 e. The molecular weight excluding hydrogens is 283 g/mol. The van der Waals surface area contributed by atoms with Gasteiger partial charge in [-0.25, -0.2) is 0 Å². The van der Waals surface area contributed by atoms with E-state index in [1.54, 1.807) is 12.1 Å². The van der Waals surface area contributed by atoms with Gasteiger partial charge < -0.3 is 11.1 Å². The van der Waals surface area contributed by atoms with E-state index in [0.717, 1.165) is 19.3 Å². The predicted molar refractivity (Wildman–Crippen MR) is 79.8 cm³/mol. The Balaban J connectivity index is 2.17. The van der Waals surface area contributed by atoms with Crippen molar-refractivity contribution in [3.8, 4) is 0 Å². The molecule has 104 valence electrons. The van der Waals surface area contributed by atoms with Crippen LogP contribution in [0.3, 0.4) is 0 Å². The van der Waals surface area contributed by atoms with E-state index in [2.05, 4.69) is 19.2 Å². The zero-order chi connectivity index (χ0) is 14.2. The van der Waals surface area contributed by atoms with Crippen molar-refractivity contribution in [3.63, 3.8) is 0 Å². The summed E-state index contributed by atoms with van der Waals surface area (Å²) in [4.78, 5) is 12.2. The van der Waals surface area contributed by atoms with Gasteiger partial charge in [-0.15, -0.1) is 0 Å². The molecule has 2 rings (SSSR count). The number of hydrogen-bond acceptors (Lipinski definition) is 2. The van der Waals surface area contributed by atoms with Crippen molar-refractivity contribution in [2.24, 2.45) is 5.41 Å². The first kappa shape index (κ1) is 14.5. The van der Waals surface area contributed by atoms with E-state index in [1.807, 2.05) is 0 Å². The first-order valence-corrected chi connectivity index (χ1v) is 7.12. The third-order valence-corrected chi connectivity index (χ3v) is 4.53. The third kappa shape index (κ3) is 2.98. The molecule has 5 heteroatoms. The van der Waals surface area contributed by atoms with E-state index < -0.39 is 0 Å². The fourth-order valence-electron chi connectivity index (χ4n) is 2.55. The lowest BCUT2D eigenvalue weighted by atomic mass is 9.87. The van der Waals surface area contributed by atoms with E-state index in [0.29, 0.717) is 21.3 Å². The molecule has 1 aliphatic rings. The summed E-state index contributed by atoms with van der Waals surface area (Å²) in [5, 5.41) is 3.68. The van der Waals surface area contributed by atoms with Crippen LogP contribution in [0.2, 0.25) is 10.0 Å². The fourth-order valence-corrected chi connectivity index (χ4v) is 3.04. The topological polar surface area (TPSA) is 55.1 Å². The highest BCUT2D eigenvalue weighted by Gasteiger charge is 2.35. The second-order valence-electron chi connectivity index (χ2n) is 5.76. The molecule has 0 radical (unpaired) electrons. The van der Waals surface area contributed by atoms with Crippen molar-refractivity contribution in [1.82, 2.24) is 5.32 Å². The van der Waals surface area contributed by atoms with Gasteiger partial charge in [0.25, 0.3) is 5.91 Å². The van der Waals surface area contributed by atoms with Crippen LogP contribution >= 0.6 is 23.2 Å². The molecular formula is C14H18Cl2N2O. The maximum Gasteiger partial charge on any atom is 0.251 e. The zero-order valence-corrected chi connectivity index (χ0v) is 12.6. The minimum absolute atomic E-state index is 0.136. The van der Waals surface area contributed by atoms with Gasteiger partial charge in [-0.05, 0) is 30.4 Å². The molecule has 3 nitrogen and oxygen atoms in total. The van der Waals surface area contributed by atoms with Gasteiger partial charge in [0.15, 0.2) is 0 Å². The molecule has 0 bridgehead atoms. The molecule has 1 aromatic rings. The molecule has 1 fully saturated rings. The number of rotatable bonds is 2. The summed E-state index contributed by atoms with van der Waals surface area (Å²) >= 11 is 11.9. The first-order valence-electron chi connectivity index (χ1n) is 6.36. The summed E-state index contributed by atoms with van der Waals surface area (Å²) in [7, 11) is 0. The smallest absolute Gasteiger partial charge is 0.251 e. The summed E-state index contributed by atoms with van der Waals surface area (Å²) in [5.41, 5.74) is 6.56. The lowest BCUT2D eigenvalue weighted by Crippen LogP contribution is -2.41. The molecule has 0 spiro atoms. The van der Waals surface area contributed by atoms with Gasteiger partial charge in [0.1, 0.15) is 0 Å². The first-order chi connectivity index (χ1) is 8.81. The van der Waals surface area contributed by atoms with Crippen LogP contribution < -0.4 is 11.1 Å². The van der Waals surface area contributed by atoms with E-state index in [4.69, 9.17) is 28.9 Å². The van der Waals surface area contributed by atoms with Crippen molar-refractivity contribution in [2.45, 2.75) is 39.2 Å². The van der Waals surface area contributed by atoms with Crippen LogP contribution in [-0.4, -0.2) is 11.9 Å². The van der Waals surface area contributed by atoms with Crippen molar-refractivity contribution in [2.75, 3.05) is 5.73 Å². The summed E-state index contributed by atoms with van der Waals surface area (Å²) in [6, 6.07) is 3.30. The molecule has 0 aromatic heterocycles. The maximum atomic E-state index is 12.2. The average Bonchev–Trinajstić information content (AvgIpc) is 2.65. The second kappa shape index (κ2) is 5.22. The molecule has 3 N–H and O–H groups in total. The number of anilines is 1. The zero-order valence-electron chi connectivity index (χ0n) is 11.1. The standard InChI is InChI=1S/C14H18Cl2N2O/c1-14(2)5-3-4-11(14)18-13(19)8-6-9(15)12(17)10(16)7-8/h6-7,11H,3-5,17H2,1-2H3,(H,18,19). The van der Waals surface area contributed by atoms with Crippen LogP contribution in [0, 0.1) is 5.41 Å². The maximum absolute atomic E-state index is 12.2. The molecule has 0 aliphatic heterocycles. The molecule has 1 saturated carbocycles. The molecule has 0 heterocycles. The van der Waals surface area contributed by atoms with Gasteiger partial charge in [-0.3, -0.25) is 4.79 Å². The van der Waals surface area contributed by atoms with Crippen LogP contribution in [0.4, 0.5) is 5.69 Å². The van der Waals surface area contributed by atoms with E-state index >= 15 is 0 Å². The Labute approximate surface area is 123 Å². The van der Waals surface area contributed by atoms with Crippen molar-refractivity contribution in [3.05, 3.63) is 27.7 Å². The predicted octanol–water partition coefficient (Wildman–Crippen LogP) is 3.88. The number of carbonyl (C=O) groups is 1. The summed E-state index contributed by atoms with van der Waals surface area (Å²) < 4.78 is 0. The van der Waals surface area contributed by atoms with Gasteiger partial charge in [-0.2, -0.15) is 0 Å². The largest absolute Gasteiger partial charge is 0.396 e. The van der Waals surface area contributed by atoms with Gasteiger partial charge >= 0.3 is 0 Å². The van der Waals surface area contributed by atoms with Gasteiger partial charge in [0.05, 0.1) is 15.7 Å². The molecule has 1 aromatic carbocycles. The number of halogens is 2. The Hall–Kier alpha value is -0.930. The van der Waals surface area contributed by atoms with Crippen LogP contribution in [0.25, 0.3) is 0 Å². The number of nitrogens with two attached hydrogens (primary N) is 1. The van der Waals surface area contributed by atoms with Crippen LogP contribution in [0.15, 0.2) is 12.1 Å². The molecule has 19 heavy (non-hydrogen) atoms. The Morgan fingerprint density at radius 1 is 1.37 bits per heavy atom. The average molecular weight is 301 g/mol. The van der Waals surface area contributed by atoms with Crippen molar-refractivity contribution < 1.29 is 4.79 Å². The summed E-state index contributed by atoms with van der Waals surface area (Å²) in [5.74, 6) is -0.149. The van der Waals surface area contributed by atoms with Crippen LogP contribution in [0.5, 0.6) is 0 Å². The van der Waals surface area contributed by atoms with Gasteiger partial charge in [0, 0.05) is 11.6 Å². The van der Waals surface area contributed by atoms with Crippen molar-refractivity contribution >= 4 is 34.8 Å². The lowest BCUT2D eigenvalue weighted by molar-refractivity contribution is 0.0910. The Morgan fingerprint density at radius 2 is 1.95 bits per heavy atom.